The van der Waals surface area contributed by atoms with Crippen molar-refractivity contribution in [1.82, 2.24) is 0 Å². The number of fused-ring (bicyclic) bond motifs is 7. The lowest BCUT2D eigenvalue weighted by molar-refractivity contribution is -0.240. The van der Waals surface area contributed by atoms with Crippen molar-refractivity contribution in [2.24, 2.45) is 62.4 Å². The summed E-state index contributed by atoms with van der Waals surface area (Å²) in [6.07, 6.45) is 12.3. The number of aliphatic hydroxyl groups is 2. The van der Waals surface area contributed by atoms with Gasteiger partial charge in [0.15, 0.2) is 0 Å². The van der Waals surface area contributed by atoms with Crippen molar-refractivity contribution < 1.29 is 10.2 Å². The molecule has 0 amide bonds. The van der Waals surface area contributed by atoms with Crippen molar-refractivity contribution in [2.75, 3.05) is 13.2 Å². The third-order valence-corrected chi connectivity index (χ3v) is 13.8. The minimum Gasteiger partial charge on any atom is -0.396 e. The monoisotopic (exact) mass is 457 g/mol. The van der Waals surface area contributed by atoms with Crippen molar-refractivity contribution in [3.8, 4) is 0 Å². The van der Waals surface area contributed by atoms with Gasteiger partial charge in [-0.05, 0) is 126 Å². The minimum atomic E-state index is 0.0524. The average molecular weight is 458 g/mol. The van der Waals surface area contributed by atoms with Gasteiger partial charge in [-0.3, -0.25) is 0 Å². The second kappa shape index (κ2) is 7.56. The Kier molecular flexibility index (Phi) is 5.57. The summed E-state index contributed by atoms with van der Waals surface area (Å²) >= 11 is 0. The lowest BCUT2D eigenvalue weighted by Crippen LogP contribution is -2.67. The molecule has 5 fully saturated rings. The summed E-state index contributed by atoms with van der Waals surface area (Å²) in [7, 11) is 0. The fourth-order valence-corrected chi connectivity index (χ4v) is 11.6. The molecule has 0 spiro atoms. The molecular formula is C30H51NO2. The van der Waals surface area contributed by atoms with Gasteiger partial charge in [0.25, 0.3) is 0 Å². The SMILES string of the molecule is C=C(CO)[C@@H]1CC[C@]2(CO)CC[C@]3(C)C(CCC4[C@@]5(C)CCC(N)C(C)(C)C5CC[C@]43C)C12. The van der Waals surface area contributed by atoms with Crippen molar-refractivity contribution >= 4 is 0 Å². The van der Waals surface area contributed by atoms with Crippen LogP contribution in [0.25, 0.3) is 0 Å². The summed E-state index contributed by atoms with van der Waals surface area (Å²) in [5.41, 5.74) is 9.02. The summed E-state index contributed by atoms with van der Waals surface area (Å²) in [5, 5.41) is 20.7. The maximum Gasteiger partial charge on any atom is 0.0641 e. The van der Waals surface area contributed by atoms with E-state index in [0.717, 1.165) is 36.7 Å². The second-order valence-corrected chi connectivity index (χ2v) is 14.6. The Bertz CT molecular complexity index is 807. The Morgan fingerprint density at radius 2 is 1.55 bits per heavy atom. The molecule has 0 radical (unpaired) electrons. The fraction of sp³-hybridized carbons (Fsp3) is 0.933. The molecule has 0 aromatic rings. The Labute approximate surface area is 203 Å². The largest absolute Gasteiger partial charge is 0.396 e. The third kappa shape index (κ3) is 2.91. The number of rotatable bonds is 3. The zero-order valence-electron chi connectivity index (χ0n) is 22.1. The highest BCUT2D eigenvalue weighted by molar-refractivity contribution is 5.22. The normalized spacial score (nSPS) is 55.2. The lowest BCUT2D eigenvalue weighted by atomic mass is 9.32. The van der Waals surface area contributed by atoms with Crippen LogP contribution in [0.15, 0.2) is 12.2 Å². The van der Waals surface area contributed by atoms with Crippen LogP contribution in [0.3, 0.4) is 0 Å². The molecule has 0 heterocycles. The first-order valence-corrected chi connectivity index (χ1v) is 14.1. The van der Waals surface area contributed by atoms with E-state index in [4.69, 9.17) is 5.73 Å². The van der Waals surface area contributed by atoms with Gasteiger partial charge in [0, 0.05) is 12.6 Å². The van der Waals surface area contributed by atoms with Crippen LogP contribution >= 0.6 is 0 Å². The van der Waals surface area contributed by atoms with Crippen LogP contribution in [-0.2, 0) is 0 Å². The Morgan fingerprint density at radius 1 is 0.818 bits per heavy atom. The molecule has 0 bridgehead atoms. The maximum atomic E-state index is 10.7. The van der Waals surface area contributed by atoms with E-state index < -0.39 is 0 Å². The van der Waals surface area contributed by atoms with Gasteiger partial charge < -0.3 is 15.9 Å². The Balaban J connectivity index is 1.54. The number of aliphatic hydroxyl groups excluding tert-OH is 2. The van der Waals surface area contributed by atoms with E-state index in [1.54, 1.807) is 0 Å². The maximum absolute atomic E-state index is 10.7. The predicted octanol–water partition coefficient (Wildman–Crippen LogP) is 5.94. The van der Waals surface area contributed by atoms with Gasteiger partial charge in [-0.25, -0.2) is 0 Å². The van der Waals surface area contributed by atoms with Gasteiger partial charge in [0.2, 0.25) is 0 Å². The topological polar surface area (TPSA) is 66.5 Å². The molecule has 5 unspecified atom stereocenters. The van der Waals surface area contributed by atoms with Crippen LogP contribution in [0.4, 0.5) is 0 Å². The van der Waals surface area contributed by atoms with E-state index in [1.165, 1.54) is 44.9 Å². The summed E-state index contributed by atoms with van der Waals surface area (Å²) in [6.45, 7) is 17.6. The van der Waals surface area contributed by atoms with Crippen molar-refractivity contribution in [2.45, 2.75) is 105 Å². The van der Waals surface area contributed by atoms with Crippen LogP contribution in [0.2, 0.25) is 0 Å². The van der Waals surface area contributed by atoms with Gasteiger partial charge >= 0.3 is 0 Å². The summed E-state index contributed by atoms with van der Waals surface area (Å²) in [6, 6.07) is 0.329. The Hall–Kier alpha value is -0.380. The highest BCUT2D eigenvalue weighted by Gasteiger charge is 2.70. The predicted molar refractivity (Wildman–Crippen MR) is 135 cm³/mol. The standard InChI is InChI=1S/C30H51NO2/c1-19(17-32)20-9-14-30(18-33)16-15-28(5)21(25(20)30)7-8-23-27(4)12-11-24(31)26(2,3)22(27)10-13-29(23,28)6/h20-25,32-33H,1,7-18,31H2,2-6H3/t20-,21?,22?,23?,24?,25?,27-,28+,29+,30+/m0/s1. The molecule has 10 atom stereocenters. The third-order valence-electron chi connectivity index (χ3n) is 13.8. The highest BCUT2D eigenvalue weighted by Crippen LogP contribution is 2.77. The first kappa shape index (κ1) is 24.3. The molecule has 5 aliphatic carbocycles. The van der Waals surface area contributed by atoms with Gasteiger partial charge in [0.05, 0.1) is 6.61 Å². The van der Waals surface area contributed by atoms with Gasteiger partial charge in [-0.2, -0.15) is 0 Å². The van der Waals surface area contributed by atoms with Crippen LogP contribution in [0, 0.1) is 56.7 Å². The number of nitrogens with two attached hydrogens (primary N) is 1. The van der Waals surface area contributed by atoms with Gasteiger partial charge in [-0.15, -0.1) is 0 Å². The molecule has 5 saturated carbocycles. The van der Waals surface area contributed by atoms with Crippen LogP contribution < -0.4 is 5.73 Å². The zero-order chi connectivity index (χ0) is 24.0. The molecular weight excluding hydrogens is 406 g/mol. The van der Waals surface area contributed by atoms with E-state index >= 15 is 0 Å². The van der Waals surface area contributed by atoms with Gasteiger partial charge in [0.1, 0.15) is 0 Å². The van der Waals surface area contributed by atoms with Crippen LogP contribution in [-0.4, -0.2) is 29.5 Å². The first-order chi connectivity index (χ1) is 15.4. The molecule has 0 aliphatic heterocycles. The van der Waals surface area contributed by atoms with E-state index in [0.29, 0.717) is 46.6 Å². The Morgan fingerprint density at radius 3 is 2.21 bits per heavy atom. The highest BCUT2D eigenvalue weighted by atomic mass is 16.3. The van der Waals surface area contributed by atoms with Crippen molar-refractivity contribution in [3.63, 3.8) is 0 Å². The second-order valence-electron chi connectivity index (χ2n) is 14.6. The zero-order valence-corrected chi connectivity index (χ0v) is 22.1. The molecule has 0 aromatic heterocycles. The lowest BCUT2D eigenvalue weighted by Gasteiger charge is -2.73. The van der Waals surface area contributed by atoms with Gasteiger partial charge in [-0.1, -0.05) is 41.2 Å². The van der Waals surface area contributed by atoms with Crippen molar-refractivity contribution in [1.29, 1.82) is 0 Å². The quantitative estimate of drug-likeness (QED) is 0.460. The molecule has 0 saturated heterocycles. The number of hydrogen-bond acceptors (Lipinski definition) is 3. The first-order valence-electron chi connectivity index (χ1n) is 14.1. The molecule has 4 N–H and O–H groups in total. The average Bonchev–Trinajstić information content (AvgIpc) is 3.17. The number of hydrogen-bond donors (Lipinski definition) is 3. The van der Waals surface area contributed by atoms with E-state index in [1.807, 2.05) is 0 Å². The van der Waals surface area contributed by atoms with E-state index in [9.17, 15) is 10.2 Å². The molecule has 188 valence electrons. The van der Waals surface area contributed by atoms with E-state index in [2.05, 4.69) is 41.2 Å². The molecule has 3 heteroatoms. The molecule has 5 rings (SSSR count). The molecule has 0 aromatic carbocycles. The smallest absolute Gasteiger partial charge is 0.0641 e. The minimum absolute atomic E-state index is 0.0524. The summed E-state index contributed by atoms with van der Waals surface area (Å²) in [4.78, 5) is 0. The van der Waals surface area contributed by atoms with E-state index in [-0.39, 0.29) is 17.4 Å². The molecule has 3 nitrogen and oxygen atoms in total. The van der Waals surface area contributed by atoms with Crippen molar-refractivity contribution in [3.05, 3.63) is 12.2 Å². The molecule has 5 aliphatic rings. The van der Waals surface area contributed by atoms with Crippen LogP contribution in [0.5, 0.6) is 0 Å². The fourth-order valence-electron chi connectivity index (χ4n) is 11.6. The summed E-state index contributed by atoms with van der Waals surface area (Å²) in [5.74, 6) is 2.99. The molecule has 33 heavy (non-hydrogen) atoms. The summed E-state index contributed by atoms with van der Waals surface area (Å²) < 4.78 is 0. The van der Waals surface area contributed by atoms with Crippen LogP contribution in [0.1, 0.15) is 98.8 Å².